The highest BCUT2D eigenvalue weighted by Gasteiger charge is 2.17. The average molecular weight is 128 g/mol. The molecule has 0 spiro atoms. The Morgan fingerprint density at radius 2 is 2.44 bits per heavy atom. The first-order chi connectivity index (χ1) is 4.20. The molecule has 2 N–H and O–H groups in total. The predicted molar refractivity (Wildman–Crippen MR) is 28.1 cm³/mol. The molecule has 48 valence electrons. The Hall–Kier alpha value is -1.39. The van der Waals surface area contributed by atoms with Gasteiger partial charge in [-0.3, -0.25) is 4.79 Å². The molecule has 1 heterocycles. The van der Waals surface area contributed by atoms with Crippen LogP contribution in [0.25, 0.3) is 0 Å². The van der Waals surface area contributed by atoms with E-state index in [1.807, 2.05) is 0 Å². The van der Waals surface area contributed by atoms with Gasteiger partial charge < -0.3 is 10.4 Å². The summed E-state index contributed by atoms with van der Waals surface area (Å²) in [5, 5.41) is 10.5. The van der Waals surface area contributed by atoms with Crippen molar-refractivity contribution in [3.63, 3.8) is 0 Å². The number of carbonyl (C=O) groups is 2. The number of amidine groups is 1. The van der Waals surface area contributed by atoms with Gasteiger partial charge in [-0.1, -0.05) is 0 Å². The van der Waals surface area contributed by atoms with Crippen LogP contribution < -0.4 is 5.32 Å². The first kappa shape index (κ1) is 5.74. The third-order valence-corrected chi connectivity index (χ3v) is 0.846. The fraction of sp³-hybridized carbons (Fsp3) is 0.250. The fourth-order valence-electron chi connectivity index (χ4n) is 0.487. The molecule has 0 atom stereocenters. The van der Waals surface area contributed by atoms with Gasteiger partial charge >= 0.3 is 5.97 Å². The summed E-state index contributed by atoms with van der Waals surface area (Å²) in [5.74, 6) is -1.90. The lowest BCUT2D eigenvalue weighted by Gasteiger charge is -1.88. The predicted octanol–water partition coefficient (Wildman–Crippen LogP) is -1.40. The number of carbonyl (C=O) groups excluding carboxylic acids is 1. The normalized spacial score (nSPS) is 16.9. The van der Waals surface area contributed by atoms with E-state index in [0.717, 1.165) is 0 Å². The molecule has 0 bridgehead atoms. The minimum atomic E-state index is -1.19. The van der Waals surface area contributed by atoms with Gasteiger partial charge in [0.05, 0.1) is 6.54 Å². The van der Waals surface area contributed by atoms with Crippen molar-refractivity contribution in [2.75, 3.05) is 6.54 Å². The zero-order valence-corrected chi connectivity index (χ0v) is 4.42. The second-order valence-corrected chi connectivity index (χ2v) is 1.51. The monoisotopic (exact) mass is 128 g/mol. The van der Waals surface area contributed by atoms with Gasteiger partial charge in [0.2, 0.25) is 5.84 Å². The second-order valence-electron chi connectivity index (χ2n) is 1.51. The zero-order valence-electron chi connectivity index (χ0n) is 4.42. The maximum absolute atomic E-state index is 10.2. The molecule has 1 amide bonds. The Bertz CT molecular complexity index is 196. The number of hydrogen-bond acceptors (Lipinski definition) is 3. The van der Waals surface area contributed by atoms with E-state index >= 15 is 0 Å². The van der Waals surface area contributed by atoms with Crippen molar-refractivity contribution in [1.82, 2.24) is 5.32 Å². The molecule has 0 aliphatic carbocycles. The SMILES string of the molecule is O=C1CNC(C(=O)O)=N1. The van der Waals surface area contributed by atoms with Crippen molar-refractivity contribution in [2.24, 2.45) is 4.99 Å². The highest BCUT2D eigenvalue weighted by molar-refractivity contribution is 6.38. The lowest BCUT2D eigenvalue weighted by molar-refractivity contribution is -0.129. The minimum Gasteiger partial charge on any atom is -0.475 e. The number of carboxylic acid groups (broad SMARTS) is 1. The van der Waals surface area contributed by atoms with E-state index in [-0.39, 0.29) is 12.4 Å². The van der Waals surface area contributed by atoms with Gasteiger partial charge in [-0.2, -0.15) is 4.99 Å². The van der Waals surface area contributed by atoms with Crippen LogP contribution >= 0.6 is 0 Å². The summed E-state index contributed by atoms with van der Waals surface area (Å²) in [6, 6.07) is 0. The number of amides is 1. The van der Waals surface area contributed by atoms with Crippen LogP contribution in [0.4, 0.5) is 0 Å². The number of rotatable bonds is 1. The first-order valence-corrected chi connectivity index (χ1v) is 2.29. The van der Waals surface area contributed by atoms with Gasteiger partial charge in [0.1, 0.15) is 0 Å². The third-order valence-electron chi connectivity index (χ3n) is 0.846. The van der Waals surface area contributed by atoms with Crippen LogP contribution in [-0.2, 0) is 9.59 Å². The Kier molecular flexibility index (Phi) is 1.18. The molecule has 1 aliphatic heterocycles. The van der Waals surface area contributed by atoms with Gasteiger partial charge in [-0.25, -0.2) is 4.79 Å². The molecule has 0 saturated carbocycles. The van der Waals surface area contributed by atoms with Crippen LogP contribution in [0.1, 0.15) is 0 Å². The second kappa shape index (κ2) is 1.85. The molecular formula is C4H4N2O3. The van der Waals surface area contributed by atoms with Gasteiger partial charge in [-0.15, -0.1) is 0 Å². The van der Waals surface area contributed by atoms with Crippen molar-refractivity contribution < 1.29 is 14.7 Å². The van der Waals surface area contributed by atoms with Gasteiger partial charge in [-0.05, 0) is 0 Å². The van der Waals surface area contributed by atoms with Crippen LogP contribution in [-0.4, -0.2) is 29.4 Å². The quantitative estimate of drug-likeness (QED) is 0.455. The van der Waals surface area contributed by atoms with Crippen LogP contribution in [0.5, 0.6) is 0 Å². The van der Waals surface area contributed by atoms with E-state index in [0.29, 0.717) is 0 Å². The molecule has 0 aromatic carbocycles. The molecule has 1 aliphatic rings. The fourth-order valence-corrected chi connectivity index (χ4v) is 0.487. The standard InChI is InChI=1S/C4H4N2O3/c7-2-1-5-3(6-2)4(8)9/h1H2,(H,8,9)(H,5,6,7). The summed E-state index contributed by atoms with van der Waals surface area (Å²) in [4.78, 5) is 23.4. The molecule has 9 heavy (non-hydrogen) atoms. The Morgan fingerprint density at radius 1 is 1.78 bits per heavy atom. The van der Waals surface area contributed by atoms with Crippen molar-refractivity contribution in [1.29, 1.82) is 0 Å². The topological polar surface area (TPSA) is 78.8 Å². The van der Waals surface area contributed by atoms with Crippen LogP contribution in [0.3, 0.4) is 0 Å². The summed E-state index contributed by atoms with van der Waals surface area (Å²) in [7, 11) is 0. The number of nitrogens with zero attached hydrogens (tertiary/aromatic N) is 1. The average Bonchev–Trinajstić information content (AvgIpc) is 2.14. The van der Waals surface area contributed by atoms with Gasteiger partial charge in [0, 0.05) is 0 Å². The molecule has 5 nitrogen and oxygen atoms in total. The highest BCUT2D eigenvalue weighted by Crippen LogP contribution is 1.86. The van der Waals surface area contributed by atoms with E-state index in [9.17, 15) is 9.59 Å². The van der Waals surface area contributed by atoms with Crippen LogP contribution in [0, 0.1) is 0 Å². The minimum absolute atomic E-state index is 0.00162. The molecule has 0 aromatic heterocycles. The molecule has 0 aromatic rings. The summed E-state index contributed by atoms with van der Waals surface area (Å²) in [5.41, 5.74) is 0. The number of nitrogens with one attached hydrogen (secondary N) is 1. The lowest BCUT2D eigenvalue weighted by atomic mass is 10.6. The maximum atomic E-state index is 10.2. The van der Waals surface area contributed by atoms with E-state index in [1.165, 1.54) is 0 Å². The smallest absolute Gasteiger partial charge is 0.371 e. The molecular weight excluding hydrogens is 124 g/mol. The third kappa shape index (κ3) is 1.04. The number of hydrogen-bond donors (Lipinski definition) is 2. The van der Waals surface area contributed by atoms with Gasteiger partial charge in [0.25, 0.3) is 5.91 Å². The van der Waals surface area contributed by atoms with Crippen molar-refractivity contribution in [2.45, 2.75) is 0 Å². The summed E-state index contributed by atoms with van der Waals surface area (Å²) in [6.07, 6.45) is 0. The highest BCUT2D eigenvalue weighted by atomic mass is 16.4. The molecule has 5 heteroatoms. The molecule has 0 radical (unpaired) electrons. The molecule has 0 unspecified atom stereocenters. The van der Waals surface area contributed by atoms with Gasteiger partial charge in [0.15, 0.2) is 0 Å². The lowest BCUT2D eigenvalue weighted by Crippen LogP contribution is -2.26. The van der Waals surface area contributed by atoms with E-state index in [4.69, 9.17) is 5.11 Å². The first-order valence-electron chi connectivity index (χ1n) is 2.29. The molecule has 0 fully saturated rings. The van der Waals surface area contributed by atoms with Crippen LogP contribution in [0.15, 0.2) is 4.99 Å². The number of carboxylic acids is 1. The van der Waals surface area contributed by atoms with Crippen molar-refractivity contribution in [3.05, 3.63) is 0 Å². The van der Waals surface area contributed by atoms with E-state index in [1.54, 1.807) is 0 Å². The van der Waals surface area contributed by atoms with E-state index in [2.05, 4.69) is 10.3 Å². The number of aliphatic imine (C=N–C) groups is 1. The summed E-state index contributed by atoms with van der Waals surface area (Å²) in [6.45, 7) is 0.00162. The molecule has 1 rings (SSSR count). The zero-order chi connectivity index (χ0) is 6.85. The van der Waals surface area contributed by atoms with Crippen LogP contribution in [0.2, 0.25) is 0 Å². The Balaban J connectivity index is 2.74. The van der Waals surface area contributed by atoms with Crippen molar-refractivity contribution >= 4 is 17.7 Å². The largest absolute Gasteiger partial charge is 0.475 e. The van der Waals surface area contributed by atoms with E-state index < -0.39 is 11.9 Å². The van der Waals surface area contributed by atoms with Crippen molar-refractivity contribution in [3.8, 4) is 0 Å². The Labute approximate surface area is 50.4 Å². The Morgan fingerprint density at radius 3 is 2.67 bits per heavy atom. The summed E-state index contributed by atoms with van der Waals surface area (Å²) >= 11 is 0. The molecule has 0 saturated heterocycles. The maximum Gasteiger partial charge on any atom is 0.371 e. The number of aliphatic carboxylic acids is 1. The summed E-state index contributed by atoms with van der Waals surface area (Å²) < 4.78 is 0.